The van der Waals surface area contributed by atoms with Gasteiger partial charge in [-0.1, -0.05) is 51.9 Å². The molecule has 1 fully saturated rings. The fourth-order valence-electron chi connectivity index (χ4n) is 2.57. The quantitative estimate of drug-likeness (QED) is 0.494. The van der Waals surface area contributed by atoms with Crippen LogP contribution in [0.5, 0.6) is 0 Å². The molecule has 0 aromatic carbocycles. The summed E-state index contributed by atoms with van der Waals surface area (Å²) in [5.74, 6) is 0. The minimum Gasteiger partial charge on any atom is -0.389 e. The van der Waals surface area contributed by atoms with Crippen LogP contribution in [0.1, 0.15) is 58.3 Å². The number of piperidine rings is 1. The van der Waals surface area contributed by atoms with Crippen LogP contribution in [0.3, 0.4) is 0 Å². The van der Waals surface area contributed by atoms with E-state index in [0.717, 1.165) is 12.8 Å². The Kier molecular flexibility index (Phi) is 7.82. The highest BCUT2D eigenvalue weighted by Gasteiger charge is 2.35. The Balaban J connectivity index is 2.05. The zero-order valence-electron chi connectivity index (χ0n) is 11.5. The largest absolute Gasteiger partial charge is 0.389 e. The number of aliphatic hydroxyl groups is 3. The molecule has 4 N–H and O–H groups in total. The summed E-state index contributed by atoms with van der Waals surface area (Å²) in [5, 5.41) is 31.9. The van der Waals surface area contributed by atoms with Gasteiger partial charge in [0, 0.05) is 12.6 Å². The third-order valence-electron chi connectivity index (χ3n) is 3.86. The molecule has 1 heterocycles. The van der Waals surface area contributed by atoms with E-state index < -0.39 is 18.3 Å². The van der Waals surface area contributed by atoms with Gasteiger partial charge in [0.15, 0.2) is 0 Å². The van der Waals surface area contributed by atoms with Gasteiger partial charge in [-0.15, -0.1) is 0 Å². The first kappa shape index (κ1) is 15.9. The molecule has 4 nitrogen and oxygen atoms in total. The number of aliphatic hydroxyl groups excluding tert-OH is 3. The summed E-state index contributed by atoms with van der Waals surface area (Å²) in [6.45, 7) is 2.59. The summed E-state index contributed by atoms with van der Waals surface area (Å²) in [7, 11) is 0. The lowest BCUT2D eigenvalue weighted by atomic mass is 9.92. The van der Waals surface area contributed by atoms with Crippen molar-refractivity contribution >= 4 is 0 Å². The highest BCUT2D eigenvalue weighted by atomic mass is 16.4. The Morgan fingerprint density at radius 2 is 1.50 bits per heavy atom. The number of unbranched alkanes of at least 4 members (excludes halogenated alkanes) is 6. The molecule has 0 aromatic rings. The smallest absolute Gasteiger partial charge is 0.108 e. The molecular weight excluding hydrogens is 230 g/mol. The number of nitrogens with one attached hydrogen (secondary N) is 1. The van der Waals surface area contributed by atoms with Gasteiger partial charge in [-0.05, 0) is 6.42 Å². The Bertz CT molecular complexity index is 213. The molecule has 0 aromatic heterocycles. The lowest BCUT2D eigenvalue weighted by Crippen LogP contribution is -2.59. The molecule has 4 atom stereocenters. The molecule has 0 aliphatic carbocycles. The highest BCUT2D eigenvalue weighted by Crippen LogP contribution is 2.16. The SMILES string of the molecule is CCCCCCCCC[C@H]1NC[C@@H](O)[C@H](O)[C@H]1O. The zero-order valence-corrected chi connectivity index (χ0v) is 11.5. The third kappa shape index (κ3) is 5.22. The first-order chi connectivity index (χ1) is 8.66. The fourth-order valence-corrected chi connectivity index (χ4v) is 2.57. The third-order valence-corrected chi connectivity index (χ3v) is 3.86. The average molecular weight is 259 g/mol. The molecule has 0 spiro atoms. The molecule has 1 rings (SSSR count). The molecule has 0 unspecified atom stereocenters. The highest BCUT2D eigenvalue weighted by molar-refractivity contribution is 4.91. The van der Waals surface area contributed by atoms with E-state index in [-0.39, 0.29) is 6.04 Å². The van der Waals surface area contributed by atoms with Crippen molar-refractivity contribution in [3.63, 3.8) is 0 Å². The van der Waals surface area contributed by atoms with E-state index in [9.17, 15) is 15.3 Å². The molecule has 0 saturated carbocycles. The predicted molar refractivity (Wildman–Crippen MR) is 72.4 cm³/mol. The van der Waals surface area contributed by atoms with Gasteiger partial charge in [-0.25, -0.2) is 0 Å². The molecule has 18 heavy (non-hydrogen) atoms. The van der Waals surface area contributed by atoms with Crippen molar-refractivity contribution in [3.8, 4) is 0 Å². The molecular formula is C14H29NO3. The second-order valence-corrected chi connectivity index (χ2v) is 5.47. The van der Waals surface area contributed by atoms with Gasteiger partial charge in [-0.3, -0.25) is 0 Å². The van der Waals surface area contributed by atoms with Crippen molar-refractivity contribution in [1.29, 1.82) is 0 Å². The topological polar surface area (TPSA) is 72.7 Å². The minimum absolute atomic E-state index is 0.0703. The van der Waals surface area contributed by atoms with Crippen molar-refractivity contribution in [1.82, 2.24) is 5.32 Å². The second-order valence-electron chi connectivity index (χ2n) is 5.47. The molecule has 1 aliphatic heterocycles. The summed E-state index contributed by atoms with van der Waals surface area (Å²) >= 11 is 0. The van der Waals surface area contributed by atoms with Crippen LogP contribution < -0.4 is 5.32 Å². The summed E-state index contributed by atoms with van der Waals surface area (Å²) < 4.78 is 0. The van der Waals surface area contributed by atoms with Crippen molar-refractivity contribution in [2.24, 2.45) is 0 Å². The summed E-state index contributed by atoms with van der Waals surface area (Å²) in [5.41, 5.74) is 0. The predicted octanol–water partition coefficient (Wildman–Crippen LogP) is 1.18. The van der Waals surface area contributed by atoms with Crippen LogP contribution in [0.2, 0.25) is 0 Å². The molecule has 1 saturated heterocycles. The van der Waals surface area contributed by atoms with E-state index >= 15 is 0 Å². The first-order valence-corrected chi connectivity index (χ1v) is 7.44. The Labute approximate surface area is 110 Å². The Hall–Kier alpha value is -0.160. The number of hydrogen-bond acceptors (Lipinski definition) is 4. The lowest BCUT2D eigenvalue weighted by Gasteiger charge is -2.36. The summed E-state index contributed by atoms with van der Waals surface area (Å²) in [4.78, 5) is 0. The maximum Gasteiger partial charge on any atom is 0.108 e. The van der Waals surface area contributed by atoms with Crippen LogP contribution >= 0.6 is 0 Å². The first-order valence-electron chi connectivity index (χ1n) is 7.44. The summed E-state index contributed by atoms with van der Waals surface area (Å²) in [6.07, 6.45) is 6.94. The Morgan fingerprint density at radius 1 is 0.889 bits per heavy atom. The van der Waals surface area contributed by atoms with Crippen LogP contribution in [0.15, 0.2) is 0 Å². The van der Waals surface area contributed by atoms with E-state index in [2.05, 4.69) is 12.2 Å². The summed E-state index contributed by atoms with van der Waals surface area (Å²) in [6, 6.07) is -0.0703. The van der Waals surface area contributed by atoms with Crippen LogP contribution in [0, 0.1) is 0 Å². The van der Waals surface area contributed by atoms with Gasteiger partial charge in [0.2, 0.25) is 0 Å². The monoisotopic (exact) mass is 259 g/mol. The van der Waals surface area contributed by atoms with Crippen molar-refractivity contribution in [2.45, 2.75) is 82.6 Å². The van der Waals surface area contributed by atoms with Gasteiger partial charge in [-0.2, -0.15) is 0 Å². The van der Waals surface area contributed by atoms with Crippen molar-refractivity contribution in [3.05, 3.63) is 0 Å². The number of hydrogen-bond donors (Lipinski definition) is 4. The van der Waals surface area contributed by atoms with E-state index in [0.29, 0.717) is 6.54 Å². The van der Waals surface area contributed by atoms with Gasteiger partial charge < -0.3 is 20.6 Å². The van der Waals surface area contributed by atoms with E-state index in [4.69, 9.17) is 0 Å². The molecule has 108 valence electrons. The molecule has 0 bridgehead atoms. The van der Waals surface area contributed by atoms with Gasteiger partial charge in [0.1, 0.15) is 6.10 Å². The van der Waals surface area contributed by atoms with E-state index in [1.54, 1.807) is 0 Å². The molecule has 1 aliphatic rings. The minimum atomic E-state index is -0.999. The molecule has 0 radical (unpaired) electrons. The maximum absolute atomic E-state index is 9.81. The molecule has 4 heteroatoms. The molecule has 0 amide bonds. The van der Waals surface area contributed by atoms with Crippen molar-refractivity contribution < 1.29 is 15.3 Å². The van der Waals surface area contributed by atoms with Crippen LogP contribution in [-0.2, 0) is 0 Å². The van der Waals surface area contributed by atoms with Gasteiger partial charge in [0.05, 0.1) is 12.2 Å². The average Bonchev–Trinajstić information content (AvgIpc) is 2.37. The van der Waals surface area contributed by atoms with Crippen LogP contribution in [0.25, 0.3) is 0 Å². The Morgan fingerprint density at radius 3 is 2.17 bits per heavy atom. The normalized spacial score (nSPS) is 32.7. The van der Waals surface area contributed by atoms with Gasteiger partial charge >= 0.3 is 0 Å². The van der Waals surface area contributed by atoms with Gasteiger partial charge in [0.25, 0.3) is 0 Å². The standard InChI is InChI=1S/C14H29NO3/c1-2-3-4-5-6-7-8-9-11-13(17)14(18)12(16)10-15-11/h11-18H,2-10H2,1H3/t11-,12-,13+,14+/m1/s1. The van der Waals surface area contributed by atoms with Crippen LogP contribution in [-0.4, -0.2) is 46.2 Å². The van der Waals surface area contributed by atoms with Crippen molar-refractivity contribution in [2.75, 3.05) is 6.54 Å². The maximum atomic E-state index is 9.81. The fraction of sp³-hybridized carbons (Fsp3) is 1.00. The van der Waals surface area contributed by atoms with E-state index in [1.807, 2.05) is 0 Å². The number of rotatable bonds is 8. The number of β-amino-alcohol motifs (C(OH)–C–C–N with tert-alkyl or cyclic N) is 1. The van der Waals surface area contributed by atoms with Crippen LogP contribution in [0.4, 0.5) is 0 Å². The zero-order chi connectivity index (χ0) is 13.4. The second kappa shape index (κ2) is 8.86. The van der Waals surface area contributed by atoms with E-state index in [1.165, 1.54) is 38.5 Å². The lowest BCUT2D eigenvalue weighted by molar-refractivity contribution is -0.0952.